The number of fused-ring (bicyclic) bond motifs is 1. The molecule has 7 rings (SSSR count). The summed E-state index contributed by atoms with van der Waals surface area (Å²) >= 11 is 0. The van der Waals surface area contributed by atoms with E-state index in [1.165, 1.54) is 0 Å². The van der Waals surface area contributed by atoms with Crippen LogP contribution in [0.4, 0.5) is 0 Å². The van der Waals surface area contributed by atoms with Gasteiger partial charge in [0.05, 0.1) is 12.0 Å². The second-order valence-electron chi connectivity index (χ2n) is 10.2. The molecule has 3 aromatic rings. The van der Waals surface area contributed by atoms with Gasteiger partial charge in [0.1, 0.15) is 17.0 Å². The molecule has 1 unspecified atom stereocenters. The first-order valence-corrected chi connectivity index (χ1v) is 12.2. The molecule has 1 spiro atoms. The van der Waals surface area contributed by atoms with Crippen molar-refractivity contribution < 1.29 is 14.0 Å². The smallest absolute Gasteiger partial charge is 0.256 e. The van der Waals surface area contributed by atoms with Crippen molar-refractivity contribution in [1.29, 1.82) is 0 Å². The van der Waals surface area contributed by atoms with Gasteiger partial charge < -0.3 is 9.32 Å². The molecule has 0 radical (unpaired) electrons. The lowest BCUT2D eigenvalue weighted by Crippen LogP contribution is -2.41. The van der Waals surface area contributed by atoms with Crippen molar-refractivity contribution in [3.05, 3.63) is 54.4 Å². The molecule has 1 aromatic carbocycles. The van der Waals surface area contributed by atoms with Gasteiger partial charge in [-0.25, -0.2) is 0 Å². The summed E-state index contributed by atoms with van der Waals surface area (Å²) in [6.07, 6.45) is 8.15. The van der Waals surface area contributed by atoms with Crippen molar-refractivity contribution in [3.63, 3.8) is 0 Å². The predicted octanol–water partition coefficient (Wildman–Crippen LogP) is 3.87. The van der Waals surface area contributed by atoms with Crippen molar-refractivity contribution in [3.8, 4) is 11.3 Å². The summed E-state index contributed by atoms with van der Waals surface area (Å²) in [5.74, 6) is 1.69. The number of carbonyl (C=O) groups is 2. The molecular weight excluding hydrogens is 428 g/mol. The van der Waals surface area contributed by atoms with Crippen molar-refractivity contribution in [2.24, 2.45) is 16.8 Å². The Kier molecular flexibility index (Phi) is 4.26. The Morgan fingerprint density at radius 2 is 1.94 bits per heavy atom. The van der Waals surface area contributed by atoms with E-state index in [0.29, 0.717) is 18.4 Å². The largest absolute Gasteiger partial charge is 0.464 e. The van der Waals surface area contributed by atoms with Crippen LogP contribution >= 0.6 is 0 Å². The van der Waals surface area contributed by atoms with Gasteiger partial charge in [-0.3, -0.25) is 24.5 Å². The zero-order chi connectivity index (χ0) is 22.9. The number of amidine groups is 1. The molecule has 0 bridgehead atoms. The summed E-state index contributed by atoms with van der Waals surface area (Å²) in [5, 5.41) is 1.04. The SMILES string of the molecule is O=C(C1CC1)N1CCC(CN2C(=O)C3(CC3)N=C2c2ccc(-c3ccc4occc4c3)nc2)C1. The van der Waals surface area contributed by atoms with E-state index < -0.39 is 5.54 Å². The Hall–Kier alpha value is -3.48. The van der Waals surface area contributed by atoms with Crippen molar-refractivity contribution in [2.45, 2.75) is 37.6 Å². The molecule has 4 aliphatic rings. The minimum absolute atomic E-state index is 0.115. The highest BCUT2D eigenvalue weighted by Gasteiger charge is 2.57. The van der Waals surface area contributed by atoms with Crippen LogP contribution in [-0.2, 0) is 9.59 Å². The molecule has 172 valence electrons. The lowest BCUT2D eigenvalue weighted by Gasteiger charge is -2.23. The predicted molar refractivity (Wildman–Crippen MR) is 127 cm³/mol. The van der Waals surface area contributed by atoms with Gasteiger partial charge in [-0.05, 0) is 74.4 Å². The minimum Gasteiger partial charge on any atom is -0.464 e. The number of hydrogen-bond donors (Lipinski definition) is 0. The Labute approximate surface area is 197 Å². The first kappa shape index (κ1) is 19.9. The molecule has 4 heterocycles. The minimum atomic E-state index is -0.553. The van der Waals surface area contributed by atoms with Gasteiger partial charge in [-0.15, -0.1) is 0 Å². The average Bonchev–Trinajstić information content (AvgIpc) is 3.74. The van der Waals surface area contributed by atoms with Gasteiger partial charge in [-0.1, -0.05) is 0 Å². The molecule has 2 saturated carbocycles. The number of carbonyl (C=O) groups excluding carboxylic acids is 2. The number of aromatic nitrogens is 1. The summed E-state index contributed by atoms with van der Waals surface area (Å²) in [4.78, 5) is 39.2. The zero-order valence-corrected chi connectivity index (χ0v) is 18.9. The number of hydrogen-bond acceptors (Lipinski definition) is 5. The molecule has 7 nitrogen and oxygen atoms in total. The Bertz CT molecular complexity index is 1330. The second-order valence-corrected chi connectivity index (χ2v) is 10.2. The standard InChI is InChI=1S/C27H26N4O3/c32-25(18-1-2-18)30-11-7-17(15-30)16-31-24(29-27(9-10-27)26(31)33)21-3-5-22(28-14-21)19-4-6-23-20(13-19)8-12-34-23/h3-6,8,12-14,17-18H,1-2,7,9-11,15-16H2. The third-order valence-corrected chi connectivity index (χ3v) is 7.68. The monoisotopic (exact) mass is 454 g/mol. The van der Waals surface area contributed by atoms with Crippen LogP contribution in [-0.4, -0.2) is 57.6 Å². The molecule has 3 fully saturated rings. The normalized spacial score (nSPS) is 23.2. The fourth-order valence-electron chi connectivity index (χ4n) is 5.34. The zero-order valence-electron chi connectivity index (χ0n) is 18.9. The van der Waals surface area contributed by atoms with Crippen LogP contribution in [0, 0.1) is 11.8 Å². The van der Waals surface area contributed by atoms with Gasteiger partial charge in [0.15, 0.2) is 0 Å². The highest BCUT2D eigenvalue weighted by molar-refractivity contribution is 6.16. The number of amides is 2. The molecule has 2 aliphatic carbocycles. The molecule has 0 N–H and O–H groups in total. The van der Waals surface area contributed by atoms with E-state index >= 15 is 0 Å². The molecule has 34 heavy (non-hydrogen) atoms. The van der Waals surface area contributed by atoms with Crippen LogP contribution < -0.4 is 0 Å². The number of rotatable bonds is 5. The van der Waals surface area contributed by atoms with Gasteiger partial charge in [0, 0.05) is 48.3 Å². The van der Waals surface area contributed by atoms with Gasteiger partial charge >= 0.3 is 0 Å². The molecule has 2 aromatic heterocycles. The quantitative estimate of drug-likeness (QED) is 0.586. The maximum absolute atomic E-state index is 13.3. The summed E-state index contributed by atoms with van der Waals surface area (Å²) in [5.41, 5.74) is 3.06. The lowest BCUT2D eigenvalue weighted by atomic mass is 10.1. The van der Waals surface area contributed by atoms with Crippen LogP contribution in [0.15, 0.2) is 58.3 Å². The number of aliphatic imine (C=N–C) groups is 1. The fraction of sp³-hybridized carbons (Fsp3) is 0.407. The van der Waals surface area contributed by atoms with Crippen LogP contribution in [0.2, 0.25) is 0 Å². The van der Waals surface area contributed by atoms with Gasteiger partial charge in [0.2, 0.25) is 5.91 Å². The first-order valence-electron chi connectivity index (χ1n) is 12.2. The summed E-state index contributed by atoms with van der Waals surface area (Å²) in [6, 6.07) is 12.0. The van der Waals surface area contributed by atoms with Gasteiger partial charge in [-0.2, -0.15) is 0 Å². The third kappa shape index (κ3) is 3.25. The first-order chi connectivity index (χ1) is 16.6. The van der Waals surface area contributed by atoms with E-state index in [1.807, 2.05) is 46.3 Å². The highest BCUT2D eigenvalue weighted by Crippen LogP contribution is 2.46. The fourth-order valence-corrected chi connectivity index (χ4v) is 5.34. The second kappa shape index (κ2) is 7.26. The van der Waals surface area contributed by atoms with E-state index in [1.54, 1.807) is 6.26 Å². The number of nitrogens with zero attached hydrogens (tertiary/aromatic N) is 4. The summed E-state index contributed by atoms with van der Waals surface area (Å²) in [7, 11) is 0. The summed E-state index contributed by atoms with van der Waals surface area (Å²) < 4.78 is 5.44. The molecule has 2 aliphatic heterocycles. The number of benzene rings is 1. The van der Waals surface area contributed by atoms with Gasteiger partial charge in [0.25, 0.3) is 5.91 Å². The molecule has 1 saturated heterocycles. The number of likely N-dealkylation sites (tertiary alicyclic amines) is 1. The summed E-state index contributed by atoms with van der Waals surface area (Å²) in [6.45, 7) is 2.16. The Balaban J connectivity index is 1.12. The van der Waals surface area contributed by atoms with Crippen molar-refractivity contribution in [2.75, 3.05) is 19.6 Å². The number of furan rings is 1. The van der Waals surface area contributed by atoms with E-state index in [-0.39, 0.29) is 11.8 Å². The molecule has 2 amide bonds. The Morgan fingerprint density at radius 1 is 1.09 bits per heavy atom. The third-order valence-electron chi connectivity index (χ3n) is 7.68. The van der Waals surface area contributed by atoms with E-state index in [4.69, 9.17) is 14.4 Å². The molecular formula is C27H26N4O3. The van der Waals surface area contributed by atoms with E-state index in [9.17, 15) is 9.59 Å². The van der Waals surface area contributed by atoms with Crippen LogP contribution in [0.5, 0.6) is 0 Å². The lowest BCUT2D eigenvalue weighted by molar-refractivity contribution is -0.131. The van der Waals surface area contributed by atoms with Crippen molar-refractivity contribution >= 4 is 28.6 Å². The maximum atomic E-state index is 13.3. The van der Waals surface area contributed by atoms with Crippen LogP contribution in [0.25, 0.3) is 22.2 Å². The van der Waals surface area contributed by atoms with Crippen LogP contribution in [0.3, 0.4) is 0 Å². The molecule has 1 atom stereocenters. The van der Waals surface area contributed by atoms with E-state index in [0.717, 1.165) is 78.8 Å². The molecule has 7 heteroatoms. The topological polar surface area (TPSA) is 79.0 Å². The van der Waals surface area contributed by atoms with E-state index in [2.05, 4.69) is 6.07 Å². The van der Waals surface area contributed by atoms with Crippen molar-refractivity contribution in [1.82, 2.24) is 14.8 Å². The Morgan fingerprint density at radius 3 is 2.71 bits per heavy atom. The van der Waals surface area contributed by atoms with Crippen LogP contribution in [0.1, 0.15) is 37.7 Å². The highest BCUT2D eigenvalue weighted by atomic mass is 16.3. The number of pyridine rings is 1. The maximum Gasteiger partial charge on any atom is 0.256 e. The average molecular weight is 455 g/mol.